The highest BCUT2D eigenvalue weighted by Crippen LogP contribution is 2.36. The van der Waals surface area contributed by atoms with E-state index in [1.165, 1.54) is 22.1 Å². The molecule has 0 radical (unpaired) electrons. The average molecular weight is 250 g/mol. The molecule has 1 aromatic rings. The van der Waals surface area contributed by atoms with Gasteiger partial charge in [0, 0.05) is 38.4 Å². The van der Waals surface area contributed by atoms with Crippen LogP contribution >= 0.6 is 0 Å². The molecule has 0 aliphatic heterocycles. The van der Waals surface area contributed by atoms with Crippen LogP contribution < -0.4 is 15.0 Å². The summed E-state index contributed by atoms with van der Waals surface area (Å²) in [6.45, 7) is 6.91. The fraction of sp³-hybridized carbons (Fsp3) is 0.571. The summed E-state index contributed by atoms with van der Waals surface area (Å²) in [4.78, 5) is 4.45. The second kappa shape index (κ2) is 4.73. The number of rotatable bonds is 2. The molecule has 0 bridgehead atoms. The molecule has 0 atom stereocenters. The highest BCUT2D eigenvalue weighted by atomic mass is 28.1. The topological polar surface area (TPSA) is 6.48 Å². The van der Waals surface area contributed by atoms with Crippen LogP contribution in [0.5, 0.6) is 0 Å². The van der Waals surface area contributed by atoms with Gasteiger partial charge in [-0.15, -0.1) is 0 Å². The van der Waals surface area contributed by atoms with Crippen LogP contribution in [0.1, 0.15) is 26.3 Å². The summed E-state index contributed by atoms with van der Waals surface area (Å²) in [6.07, 6.45) is 0. The Morgan fingerprint density at radius 3 is 1.82 bits per heavy atom. The predicted molar refractivity (Wildman–Crippen MR) is 83.4 cm³/mol. The minimum atomic E-state index is 0.197. The summed E-state index contributed by atoms with van der Waals surface area (Å²) in [5.74, 6) is 0. The number of anilines is 2. The van der Waals surface area contributed by atoms with E-state index in [4.69, 9.17) is 0 Å². The Bertz CT molecular complexity index is 403. The molecule has 96 valence electrons. The summed E-state index contributed by atoms with van der Waals surface area (Å²) in [5, 5.41) is 1.51. The first kappa shape index (κ1) is 14.1. The van der Waals surface area contributed by atoms with Crippen LogP contribution in [0.25, 0.3) is 0 Å². The SMILES string of the molecule is CN(C)c1ccc([SiH3])c(C(C)(C)C)c1N(C)C. The first-order valence-electron chi connectivity index (χ1n) is 6.15. The summed E-state index contributed by atoms with van der Waals surface area (Å²) in [6, 6.07) is 4.53. The fourth-order valence-electron chi connectivity index (χ4n) is 2.44. The first-order valence-corrected chi connectivity index (χ1v) is 7.15. The highest BCUT2D eigenvalue weighted by Gasteiger charge is 2.24. The van der Waals surface area contributed by atoms with E-state index in [-0.39, 0.29) is 5.41 Å². The molecule has 0 saturated heterocycles. The molecule has 0 fully saturated rings. The number of benzene rings is 1. The van der Waals surface area contributed by atoms with Crippen molar-refractivity contribution in [3.8, 4) is 0 Å². The van der Waals surface area contributed by atoms with Gasteiger partial charge in [0.05, 0.1) is 11.4 Å². The number of nitrogens with zero attached hydrogens (tertiary/aromatic N) is 2. The van der Waals surface area contributed by atoms with E-state index >= 15 is 0 Å². The van der Waals surface area contributed by atoms with Gasteiger partial charge in [0.25, 0.3) is 0 Å². The molecule has 0 heterocycles. The molecule has 0 amide bonds. The van der Waals surface area contributed by atoms with E-state index in [2.05, 4.69) is 70.9 Å². The van der Waals surface area contributed by atoms with Crippen molar-refractivity contribution in [1.29, 1.82) is 0 Å². The van der Waals surface area contributed by atoms with Gasteiger partial charge >= 0.3 is 0 Å². The van der Waals surface area contributed by atoms with Crippen LogP contribution in [0.15, 0.2) is 12.1 Å². The minimum Gasteiger partial charge on any atom is -0.376 e. The van der Waals surface area contributed by atoms with Crippen molar-refractivity contribution < 1.29 is 0 Å². The van der Waals surface area contributed by atoms with Crippen molar-refractivity contribution in [3.63, 3.8) is 0 Å². The van der Waals surface area contributed by atoms with Crippen molar-refractivity contribution in [2.75, 3.05) is 38.0 Å². The van der Waals surface area contributed by atoms with E-state index < -0.39 is 0 Å². The van der Waals surface area contributed by atoms with Crippen LogP contribution in [0.3, 0.4) is 0 Å². The van der Waals surface area contributed by atoms with Crippen LogP contribution in [-0.4, -0.2) is 38.4 Å². The Labute approximate surface area is 109 Å². The maximum absolute atomic E-state index is 2.30. The molecule has 17 heavy (non-hydrogen) atoms. The molecular weight excluding hydrogens is 224 g/mol. The minimum absolute atomic E-state index is 0.197. The van der Waals surface area contributed by atoms with Crippen molar-refractivity contribution in [1.82, 2.24) is 0 Å². The number of hydrogen-bond donors (Lipinski definition) is 0. The van der Waals surface area contributed by atoms with Gasteiger partial charge in [0.15, 0.2) is 0 Å². The Balaban J connectivity index is 3.61. The van der Waals surface area contributed by atoms with E-state index in [1.54, 1.807) is 0 Å². The normalized spacial score (nSPS) is 11.7. The molecule has 3 heteroatoms. The van der Waals surface area contributed by atoms with E-state index in [0.29, 0.717) is 0 Å². The molecule has 0 N–H and O–H groups in total. The third-order valence-electron chi connectivity index (χ3n) is 3.04. The van der Waals surface area contributed by atoms with Gasteiger partial charge in [-0.05, 0) is 17.0 Å². The van der Waals surface area contributed by atoms with Crippen molar-refractivity contribution in [2.24, 2.45) is 0 Å². The molecule has 2 nitrogen and oxygen atoms in total. The molecule has 0 aromatic heterocycles. The van der Waals surface area contributed by atoms with Crippen LogP contribution in [-0.2, 0) is 5.41 Å². The Hall–Kier alpha value is -0.963. The molecule has 1 rings (SSSR count). The first-order chi connectivity index (χ1) is 7.66. The van der Waals surface area contributed by atoms with Gasteiger partial charge in [-0.2, -0.15) is 0 Å². The van der Waals surface area contributed by atoms with Crippen LogP contribution in [0, 0.1) is 0 Å². The molecular formula is C14H26N2Si. The van der Waals surface area contributed by atoms with E-state index in [1.807, 2.05) is 0 Å². The quantitative estimate of drug-likeness (QED) is 0.726. The summed E-state index contributed by atoms with van der Waals surface area (Å²) in [7, 11) is 9.60. The maximum Gasteiger partial charge on any atom is 0.0635 e. The van der Waals surface area contributed by atoms with Gasteiger partial charge in [-0.3, -0.25) is 0 Å². The van der Waals surface area contributed by atoms with Crippen molar-refractivity contribution in [3.05, 3.63) is 17.7 Å². The summed E-state index contributed by atoms with van der Waals surface area (Å²) >= 11 is 0. The summed E-state index contributed by atoms with van der Waals surface area (Å²) < 4.78 is 0. The Morgan fingerprint density at radius 1 is 0.941 bits per heavy atom. The second-order valence-corrected chi connectivity index (χ2v) is 7.24. The largest absolute Gasteiger partial charge is 0.376 e. The third-order valence-corrected chi connectivity index (χ3v) is 3.88. The van der Waals surface area contributed by atoms with Gasteiger partial charge in [-0.25, -0.2) is 0 Å². The van der Waals surface area contributed by atoms with E-state index in [9.17, 15) is 0 Å². The smallest absolute Gasteiger partial charge is 0.0635 e. The molecule has 0 aliphatic rings. The molecule has 0 saturated carbocycles. The van der Waals surface area contributed by atoms with Crippen molar-refractivity contribution >= 4 is 26.8 Å². The zero-order chi connectivity index (χ0) is 13.4. The zero-order valence-electron chi connectivity index (χ0n) is 12.5. The molecule has 0 unspecified atom stereocenters. The molecule has 0 spiro atoms. The monoisotopic (exact) mass is 250 g/mol. The third kappa shape index (κ3) is 2.83. The molecule has 1 aromatic carbocycles. The number of hydrogen-bond acceptors (Lipinski definition) is 2. The van der Waals surface area contributed by atoms with Crippen LogP contribution in [0.4, 0.5) is 11.4 Å². The van der Waals surface area contributed by atoms with Gasteiger partial charge in [-0.1, -0.05) is 32.0 Å². The lowest BCUT2D eigenvalue weighted by molar-refractivity contribution is 0.593. The maximum atomic E-state index is 2.30. The Kier molecular flexibility index (Phi) is 3.92. The van der Waals surface area contributed by atoms with Crippen LogP contribution in [0.2, 0.25) is 0 Å². The van der Waals surface area contributed by atoms with Gasteiger partial charge in [0.2, 0.25) is 0 Å². The van der Waals surface area contributed by atoms with Gasteiger partial charge < -0.3 is 9.80 Å². The lowest BCUT2D eigenvalue weighted by Gasteiger charge is -2.32. The average Bonchev–Trinajstić information content (AvgIpc) is 2.14. The fourth-order valence-corrected chi connectivity index (χ4v) is 3.59. The predicted octanol–water partition coefficient (Wildman–Crippen LogP) is 1.11. The second-order valence-electron chi connectivity index (χ2n) is 6.16. The Morgan fingerprint density at radius 2 is 1.47 bits per heavy atom. The molecule has 0 aliphatic carbocycles. The standard InChI is InChI=1S/C14H26N2Si/c1-14(2,3)12-11(17)9-8-10(15(4)5)13(12)16(6)7/h8-9H,1-7,17H3. The summed E-state index contributed by atoms with van der Waals surface area (Å²) in [5.41, 5.74) is 4.37. The van der Waals surface area contributed by atoms with Gasteiger partial charge in [0.1, 0.15) is 0 Å². The van der Waals surface area contributed by atoms with Crippen molar-refractivity contribution in [2.45, 2.75) is 26.2 Å². The lowest BCUT2D eigenvalue weighted by Crippen LogP contribution is -2.29. The van der Waals surface area contributed by atoms with E-state index in [0.717, 1.165) is 10.2 Å². The highest BCUT2D eigenvalue weighted by molar-refractivity contribution is 6.34. The lowest BCUT2D eigenvalue weighted by atomic mass is 9.84. The zero-order valence-corrected chi connectivity index (χ0v) is 14.5.